The normalized spacial score (nSPS) is 11.5. The smallest absolute Gasteiger partial charge is 0.312 e. The van der Waals surface area contributed by atoms with Gasteiger partial charge in [0.05, 0.1) is 12.5 Å². The van der Waals surface area contributed by atoms with Crippen LogP contribution in [0.1, 0.15) is 23.0 Å². The summed E-state index contributed by atoms with van der Waals surface area (Å²) in [6.07, 6.45) is -0.0175. The second-order valence-electron chi connectivity index (χ2n) is 5.93. The molecule has 0 saturated heterocycles. The summed E-state index contributed by atoms with van der Waals surface area (Å²) in [5.74, 6) is 0.952. The Morgan fingerprint density at radius 2 is 1.86 bits per heavy atom. The number of ether oxygens (including phenoxy) is 1. The van der Waals surface area contributed by atoms with E-state index in [1.165, 1.54) is 11.3 Å². The molecule has 1 heterocycles. The van der Waals surface area contributed by atoms with Gasteiger partial charge in [0.1, 0.15) is 16.5 Å². The summed E-state index contributed by atoms with van der Waals surface area (Å²) in [6.45, 7) is 1.79. The van der Waals surface area contributed by atoms with Gasteiger partial charge in [-0.25, -0.2) is 4.79 Å². The quantitative estimate of drug-likeness (QED) is 0.565. The summed E-state index contributed by atoms with van der Waals surface area (Å²) in [7, 11) is 0. The number of nitrogens with two attached hydrogens (primary N) is 1. The van der Waals surface area contributed by atoms with Crippen LogP contribution < -0.4 is 21.1 Å². The van der Waals surface area contributed by atoms with E-state index in [0.29, 0.717) is 22.2 Å². The van der Waals surface area contributed by atoms with Gasteiger partial charge in [-0.3, -0.25) is 4.79 Å². The summed E-state index contributed by atoms with van der Waals surface area (Å²) in [5, 5.41) is 14.1. The van der Waals surface area contributed by atoms with Gasteiger partial charge in [-0.15, -0.1) is 10.2 Å². The minimum Gasteiger partial charge on any atom is -0.457 e. The Kier molecular flexibility index (Phi) is 6.18. The van der Waals surface area contributed by atoms with Crippen molar-refractivity contribution in [3.05, 3.63) is 65.2 Å². The summed E-state index contributed by atoms with van der Waals surface area (Å²) in [5.41, 5.74) is 5.98. The third-order valence-electron chi connectivity index (χ3n) is 3.72. The number of para-hydroxylation sites is 1. The Morgan fingerprint density at radius 1 is 1.11 bits per heavy atom. The molecule has 28 heavy (non-hydrogen) atoms. The summed E-state index contributed by atoms with van der Waals surface area (Å²) >= 11 is 1.27. The number of anilines is 1. The topological polar surface area (TPSA) is 119 Å². The highest BCUT2D eigenvalue weighted by Crippen LogP contribution is 2.26. The zero-order chi connectivity index (χ0) is 19.9. The van der Waals surface area contributed by atoms with Crippen LogP contribution in [0.25, 0.3) is 0 Å². The second-order valence-corrected chi connectivity index (χ2v) is 7.11. The van der Waals surface area contributed by atoms with Crippen LogP contribution >= 0.6 is 11.3 Å². The molecule has 0 fully saturated rings. The first-order valence-corrected chi connectivity index (χ1v) is 9.30. The van der Waals surface area contributed by atoms with E-state index in [1.807, 2.05) is 30.3 Å². The Morgan fingerprint density at radius 3 is 2.54 bits per heavy atom. The first-order valence-electron chi connectivity index (χ1n) is 8.48. The molecule has 8 nitrogen and oxygen atoms in total. The lowest BCUT2D eigenvalue weighted by Crippen LogP contribution is -2.35. The fourth-order valence-corrected chi connectivity index (χ4v) is 3.15. The minimum absolute atomic E-state index is 0.0175. The van der Waals surface area contributed by atoms with Crippen LogP contribution in [0.4, 0.5) is 9.93 Å². The Labute approximate surface area is 165 Å². The highest BCUT2D eigenvalue weighted by Gasteiger charge is 2.19. The maximum Gasteiger partial charge on any atom is 0.312 e. The first-order chi connectivity index (χ1) is 13.5. The molecule has 1 aromatic heterocycles. The van der Waals surface area contributed by atoms with E-state index in [4.69, 9.17) is 10.5 Å². The van der Waals surface area contributed by atoms with Crippen LogP contribution in [-0.4, -0.2) is 22.1 Å². The highest BCUT2D eigenvalue weighted by molar-refractivity contribution is 7.15. The average Bonchev–Trinajstić information content (AvgIpc) is 3.06. The first kappa shape index (κ1) is 19.3. The van der Waals surface area contributed by atoms with Crippen LogP contribution in [0.2, 0.25) is 0 Å². The van der Waals surface area contributed by atoms with E-state index in [9.17, 15) is 9.59 Å². The van der Waals surface area contributed by atoms with Crippen LogP contribution in [0.3, 0.4) is 0 Å². The van der Waals surface area contributed by atoms with Crippen LogP contribution in [0.15, 0.2) is 54.6 Å². The average molecular weight is 397 g/mol. The largest absolute Gasteiger partial charge is 0.457 e. The van der Waals surface area contributed by atoms with Crippen molar-refractivity contribution in [1.29, 1.82) is 0 Å². The number of carbonyl (C=O) groups excluding carboxylic acids is 2. The summed E-state index contributed by atoms with van der Waals surface area (Å²) in [6, 6.07) is 15.1. The molecule has 144 valence electrons. The SMILES string of the molecule is Cc1nnc(NC(=O)C[C@H](NC(N)=O)c2cccc(Oc3ccccc3)c2)s1. The van der Waals surface area contributed by atoms with Gasteiger partial charge in [0, 0.05) is 0 Å². The fourth-order valence-electron chi connectivity index (χ4n) is 2.55. The number of benzene rings is 2. The van der Waals surface area contributed by atoms with Gasteiger partial charge < -0.3 is 21.1 Å². The molecule has 1 atom stereocenters. The molecule has 0 aliphatic heterocycles. The van der Waals surface area contributed by atoms with Crippen molar-refractivity contribution >= 4 is 28.4 Å². The molecule has 0 aliphatic carbocycles. The number of aromatic nitrogens is 2. The molecule has 0 unspecified atom stereocenters. The zero-order valence-corrected chi connectivity index (χ0v) is 15.9. The van der Waals surface area contributed by atoms with Gasteiger partial charge in [0.2, 0.25) is 11.0 Å². The Hall–Kier alpha value is -3.46. The molecule has 4 N–H and O–H groups in total. The molecule has 0 saturated carbocycles. The number of nitrogens with zero attached hydrogens (tertiary/aromatic N) is 2. The van der Waals surface area contributed by atoms with Gasteiger partial charge in [-0.2, -0.15) is 0 Å². The van der Waals surface area contributed by atoms with Crippen LogP contribution in [-0.2, 0) is 4.79 Å². The Balaban J connectivity index is 1.74. The zero-order valence-electron chi connectivity index (χ0n) is 15.1. The number of rotatable bonds is 7. The fraction of sp³-hybridized carbons (Fsp3) is 0.158. The third-order valence-corrected chi connectivity index (χ3v) is 4.47. The standard InChI is InChI=1S/C19H19N5O3S/c1-12-23-24-19(28-12)22-17(25)11-16(21-18(20)26)13-6-5-9-15(10-13)27-14-7-3-2-4-8-14/h2-10,16H,11H2,1H3,(H3,20,21,26)(H,22,24,25)/t16-/m0/s1. The maximum atomic E-state index is 12.4. The number of urea groups is 1. The molecule has 0 radical (unpaired) electrons. The molecule has 3 rings (SSSR count). The molecule has 3 aromatic rings. The lowest BCUT2D eigenvalue weighted by atomic mass is 10.0. The van der Waals surface area contributed by atoms with Crippen molar-refractivity contribution in [2.24, 2.45) is 5.73 Å². The van der Waals surface area contributed by atoms with Crippen molar-refractivity contribution in [3.63, 3.8) is 0 Å². The molecule has 0 aliphatic rings. The molecule has 0 bridgehead atoms. The maximum absolute atomic E-state index is 12.4. The number of nitrogens with one attached hydrogen (secondary N) is 2. The third kappa shape index (κ3) is 5.52. The number of primary amides is 1. The molecule has 3 amide bonds. The van der Waals surface area contributed by atoms with E-state index in [1.54, 1.807) is 31.2 Å². The predicted molar refractivity (Wildman–Crippen MR) is 106 cm³/mol. The molecule has 2 aromatic carbocycles. The summed E-state index contributed by atoms with van der Waals surface area (Å²) < 4.78 is 5.82. The van der Waals surface area contributed by atoms with Crippen molar-refractivity contribution < 1.29 is 14.3 Å². The number of carbonyl (C=O) groups is 2. The lowest BCUT2D eigenvalue weighted by Gasteiger charge is -2.18. The van der Waals surface area contributed by atoms with Crippen molar-refractivity contribution in [2.45, 2.75) is 19.4 Å². The van der Waals surface area contributed by atoms with Gasteiger partial charge in [0.25, 0.3) is 0 Å². The van der Waals surface area contributed by atoms with Crippen molar-refractivity contribution in [2.75, 3.05) is 5.32 Å². The minimum atomic E-state index is -0.723. The van der Waals surface area contributed by atoms with Gasteiger partial charge in [-0.05, 0) is 36.8 Å². The van der Waals surface area contributed by atoms with Gasteiger partial charge in [-0.1, -0.05) is 41.7 Å². The number of hydrogen-bond acceptors (Lipinski definition) is 6. The predicted octanol–water partition coefficient (Wildman–Crippen LogP) is 3.38. The van der Waals surface area contributed by atoms with E-state index >= 15 is 0 Å². The van der Waals surface area contributed by atoms with E-state index in [0.717, 1.165) is 5.01 Å². The highest BCUT2D eigenvalue weighted by atomic mass is 32.1. The monoisotopic (exact) mass is 397 g/mol. The number of hydrogen-bond donors (Lipinski definition) is 3. The molecule has 9 heteroatoms. The van der Waals surface area contributed by atoms with Crippen LogP contribution in [0, 0.1) is 6.92 Å². The molecular formula is C19H19N5O3S. The van der Waals surface area contributed by atoms with E-state index < -0.39 is 12.1 Å². The number of amides is 3. The number of aryl methyl sites for hydroxylation is 1. The molecular weight excluding hydrogens is 378 g/mol. The van der Waals surface area contributed by atoms with Crippen molar-refractivity contribution in [3.8, 4) is 11.5 Å². The van der Waals surface area contributed by atoms with Crippen molar-refractivity contribution in [1.82, 2.24) is 15.5 Å². The van der Waals surface area contributed by atoms with Gasteiger partial charge >= 0.3 is 6.03 Å². The second kappa shape index (κ2) is 8.96. The van der Waals surface area contributed by atoms with Gasteiger partial charge in [0.15, 0.2) is 0 Å². The van der Waals surface area contributed by atoms with Crippen LogP contribution in [0.5, 0.6) is 11.5 Å². The Bertz CT molecular complexity index is 961. The molecule has 0 spiro atoms. The summed E-state index contributed by atoms with van der Waals surface area (Å²) in [4.78, 5) is 23.8. The van der Waals surface area contributed by atoms with E-state index in [2.05, 4.69) is 20.8 Å². The van der Waals surface area contributed by atoms with E-state index in [-0.39, 0.29) is 12.3 Å². The lowest BCUT2D eigenvalue weighted by molar-refractivity contribution is -0.116.